The number of nitrogens with one attached hydrogen (secondary N) is 3. The van der Waals surface area contributed by atoms with E-state index in [4.69, 9.17) is 34.4 Å². The summed E-state index contributed by atoms with van der Waals surface area (Å²) in [5.41, 5.74) is 32.8. The Morgan fingerprint density at radius 2 is 1.21 bits per heavy atom. The zero-order chi connectivity index (χ0) is 32.5. The third kappa shape index (κ3) is 14.9. The zero-order valence-electron chi connectivity index (χ0n) is 23.6. The van der Waals surface area contributed by atoms with Crippen LogP contribution in [-0.4, -0.2) is 89.0 Å². The number of carbonyl (C=O) groups excluding carboxylic acids is 4. The molecular formula is C25H41N11O7. The highest BCUT2D eigenvalue weighted by Gasteiger charge is 2.31. The van der Waals surface area contributed by atoms with E-state index in [1.165, 1.54) is 24.3 Å². The second-order valence-corrected chi connectivity index (χ2v) is 9.57. The molecule has 0 heterocycles. The van der Waals surface area contributed by atoms with Gasteiger partial charge in [0.1, 0.15) is 23.9 Å². The van der Waals surface area contributed by atoms with Crippen molar-refractivity contribution in [1.29, 1.82) is 0 Å². The molecule has 0 aromatic heterocycles. The lowest BCUT2D eigenvalue weighted by Crippen LogP contribution is -2.58. The quantitative estimate of drug-likeness (QED) is 0.0405. The molecule has 18 heteroatoms. The number of aliphatic carboxylic acids is 1. The van der Waals surface area contributed by atoms with E-state index >= 15 is 0 Å². The number of carboxylic acid groups (broad SMARTS) is 1. The van der Waals surface area contributed by atoms with Crippen molar-refractivity contribution >= 4 is 41.5 Å². The van der Waals surface area contributed by atoms with Crippen LogP contribution in [-0.2, 0) is 30.4 Å². The van der Waals surface area contributed by atoms with E-state index in [1.807, 2.05) is 0 Å². The smallest absolute Gasteiger partial charge is 0.326 e. The SMILES string of the molecule is NC(=O)CC(NC(=O)C(Cc1ccc(O)cc1)NC(=O)C(N)CCCN=C(N)N)C(=O)NC(CCCN=C(N)N)C(=O)O. The Balaban J connectivity index is 3.08. The maximum absolute atomic E-state index is 13.4. The maximum Gasteiger partial charge on any atom is 0.326 e. The van der Waals surface area contributed by atoms with Gasteiger partial charge in [-0.1, -0.05) is 12.1 Å². The van der Waals surface area contributed by atoms with Gasteiger partial charge in [0.05, 0.1) is 12.5 Å². The van der Waals surface area contributed by atoms with Gasteiger partial charge in [-0.05, 0) is 43.4 Å². The summed E-state index contributed by atoms with van der Waals surface area (Å²) in [4.78, 5) is 70.1. The molecule has 1 aromatic carbocycles. The number of rotatable bonds is 19. The maximum atomic E-state index is 13.4. The van der Waals surface area contributed by atoms with Gasteiger partial charge in [0, 0.05) is 19.5 Å². The number of carboxylic acids is 1. The van der Waals surface area contributed by atoms with Gasteiger partial charge in [-0.15, -0.1) is 0 Å². The molecule has 4 unspecified atom stereocenters. The highest BCUT2D eigenvalue weighted by molar-refractivity contribution is 5.96. The molecule has 0 saturated heterocycles. The first-order valence-electron chi connectivity index (χ1n) is 13.3. The largest absolute Gasteiger partial charge is 0.508 e. The van der Waals surface area contributed by atoms with Crippen LogP contribution < -0.4 is 50.4 Å². The Morgan fingerprint density at radius 3 is 1.72 bits per heavy atom. The minimum atomic E-state index is -1.57. The zero-order valence-corrected chi connectivity index (χ0v) is 23.6. The van der Waals surface area contributed by atoms with Crippen LogP contribution in [0.5, 0.6) is 5.75 Å². The van der Waals surface area contributed by atoms with Gasteiger partial charge < -0.3 is 60.6 Å². The fourth-order valence-electron chi connectivity index (χ4n) is 3.72. The molecule has 0 saturated carbocycles. The molecule has 17 N–H and O–H groups in total. The van der Waals surface area contributed by atoms with Gasteiger partial charge in [-0.25, -0.2) is 4.79 Å². The molecule has 0 radical (unpaired) electrons. The van der Waals surface area contributed by atoms with Crippen LogP contribution in [0.15, 0.2) is 34.3 Å². The number of amides is 4. The van der Waals surface area contributed by atoms with Crippen molar-refractivity contribution < 1.29 is 34.2 Å². The van der Waals surface area contributed by atoms with Crippen LogP contribution in [0.3, 0.4) is 0 Å². The third-order valence-electron chi connectivity index (χ3n) is 5.91. The summed E-state index contributed by atoms with van der Waals surface area (Å²) in [6, 6.07) is 0.501. The molecular weight excluding hydrogens is 566 g/mol. The molecule has 0 spiro atoms. The summed E-state index contributed by atoms with van der Waals surface area (Å²) in [6.07, 6.45) is -0.0553. The topological polar surface area (TPSA) is 343 Å². The van der Waals surface area contributed by atoms with E-state index in [0.29, 0.717) is 12.0 Å². The number of nitrogens with two attached hydrogens (primary N) is 6. The van der Waals surface area contributed by atoms with Gasteiger partial charge in [0.2, 0.25) is 23.6 Å². The number of aromatic hydroxyl groups is 1. The summed E-state index contributed by atoms with van der Waals surface area (Å²) in [7, 11) is 0. The summed E-state index contributed by atoms with van der Waals surface area (Å²) < 4.78 is 0. The molecule has 0 aliphatic carbocycles. The first-order chi connectivity index (χ1) is 20.2. The fraction of sp³-hybridized carbons (Fsp3) is 0.480. The van der Waals surface area contributed by atoms with E-state index in [-0.39, 0.29) is 56.4 Å². The molecule has 0 fully saturated rings. The number of hydrogen-bond donors (Lipinski definition) is 11. The normalized spacial score (nSPS) is 13.3. The van der Waals surface area contributed by atoms with E-state index in [0.717, 1.165) is 0 Å². The lowest BCUT2D eigenvalue weighted by atomic mass is 10.0. The number of benzene rings is 1. The number of guanidine groups is 2. The second-order valence-electron chi connectivity index (χ2n) is 9.57. The Hall–Kier alpha value is -5.13. The van der Waals surface area contributed by atoms with Crippen molar-refractivity contribution in [3.63, 3.8) is 0 Å². The van der Waals surface area contributed by atoms with Crippen LogP contribution >= 0.6 is 0 Å². The predicted molar refractivity (Wildman–Crippen MR) is 157 cm³/mol. The number of hydrogen-bond acceptors (Lipinski definition) is 9. The lowest BCUT2D eigenvalue weighted by molar-refractivity contribution is -0.142. The van der Waals surface area contributed by atoms with Gasteiger partial charge in [-0.2, -0.15) is 0 Å². The van der Waals surface area contributed by atoms with Gasteiger partial charge in [0.25, 0.3) is 0 Å². The van der Waals surface area contributed by atoms with Gasteiger partial charge in [-0.3, -0.25) is 29.2 Å². The molecule has 18 nitrogen and oxygen atoms in total. The van der Waals surface area contributed by atoms with Crippen molar-refractivity contribution in [3.8, 4) is 5.75 Å². The average Bonchev–Trinajstić information content (AvgIpc) is 2.92. The van der Waals surface area contributed by atoms with Crippen molar-refractivity contribution in [1.82, 2.24) is 16.0 Å². The van der Waals surface area contributed by atoms with Crippen molar-refractivity contribution in [2.24, 2.45) is 44.4 Å². The Bertz CT molecular complexity index is 1170. The fourth-order valence-corrected chi connectivity index (χ4v) is 3.72. The standard InChI is InChI=1S/C25H41N11O7/c26-15(3-1-9-32-24(28)29)20(39)35-17(11-13-5-7-14(37)8-6-13)21(40)36-18(12-19(27)38)22(41)34-16(23(42)43)4-2-10-33-25(30)31/h5-8,15-18,37H,1-4,9-12,26H2,(H2,27,38)(H,34,41)(H,35,39)(H,36,40)(H,42,43)(H4,28,29,32)(H4,30,31,33). The van der Waals surface area contributed by atoms with Gasteiger partial charge >= 0.3 is 5.97 Å². The first kappa shape index (κ1) is 35.9. The predicted octanol–water partition coefficient (Wildman–Crippen LogP) is -4.22. The monoisotopic (exact) mass is 607 g/mol. The van der Waals surface area contributed by atoms with E-state index in [2.05, 4.69) is 25.9 Å². The lowest BCUT2D eigenvalue weighted by Gasteiger charge is -2.25. The van der Waals surface area contributed by atoms with Crippen LogP contribution in [0.25, 0.3) is 0 Å². The molecule has 43 heavy (non-hydrogen) atoms. The molecule has 0 bridgehead atoms. The van der Waals surface area contributed by atoms with Crippen molar-refractivity contribution in [2.75, 3.05) is 13.1 Å². The highest BCUT2D eigenvalue weighted by atomic mass is 16.4. The second kappa shape index (κ2) is 18.3. The summed E-state index contributed by atoms with van der Waals surface area (Å²) in [6.45, 7) is 0.342. The first-order valence-corrected chi connectivity index (χ1v) is 13.3. The van der Waals surface area contributed by atoms with Crippen LogP contribution in [0.1, 0.15) is 37.7 Å². The van der Waals surface area contributed by atoms with E-state index in [1.54, 1.807) is 0 Å². The summed E-state index contributed by atoms with van der Waals surface area (Å²) in [5, 5.41) is 26.3. The van der Waals surface area contributed by atoms with Crippen molar-refractivity contribution in [2.45, 2.75) is 62.7 Å². The van der Waals surface area contributed by atoms with E-state index in [9.17, 15) is 34.2 Å². The number of primary amides is 1. The highest BCUT2D eigenvalue weighted by Crippen LogP contribution is 2.12. The Morgan fingerprint density at radius 1 is 0.721 bits per heavy atom. The van der Waals surface area contributed by atoms with Crippen molar-refractivity contribution in [3.05, 3.63) is 29.8 Å². The summed E-state index contributed by atoms with van der Waals surface area (Å²) in [5.74, 6) is -5.20. The van der Waals surface area contributed by atoms with Crippen LogP contribution in [0.4, 0.5) is 0 Å². The molecule has 0 aliphatic heterocycles. The van der Waals surface area contributed by atoms with Crippen LogP contribution in [0, 0.1) is 0 Å². The number of phenols is 1. The molecule has 0 aliphatic rings. The number of nitrogens with zero attached hydrogens (tertiary/aromatic N) is 2. The molecule has 4 atom stereocenters. The Labute approximate surface area is 247 Å². The van der Waals surface area contributed by atoms with Crippen LogP contribution in [0.2, 0.25) is 0 Å². The van der Waals surface area contributed by atoms with E-state index < -0.39 is 60.2 Å². The minimum Gasteiger partial charge on any atom is -0.508 e. The molecule has 1 rings (SSSR count). The molecule has 238 valence electrons. The summed E-state index contributed by atoms with van der Waals surface area (Å²) >= 11 is 0. The number of aliphatic imine (C=N–C) groups is 2. The Kier molecular flexibility index (Phi) is 15.3. The number of carbonyl (C=O) groups is 5. The number of phenolic OH excluding ortho intramolecular Hbond substituents is 1. The average molecular weight is 608 g/mol. The molecule has 4 amide bonds. The van der Waals surface area contributed by atoms with Gasteiger partial charge in [0.15, 0.2) is 11.9 Å². The third-order valence-corrected chi connectivity index (χ3v) is 5.91. The minimum absolute atomic E-state index is 0.0268. The molecule has 1 aromatic rings.